The lowest BCUT2D eigenvalue weighted by Gasteiger charge is -2.13. The molecular weight excluding hydrogens is 368 g/mol. The summed E-state index contributed by atoms with van der Waals surface area (Å²) in [5.74, 6) is 1.50. The van der Waals surface area contributed by atoms with E-state index in [0.717, 1.165) is 63.1 Å². The summed E-state index contributed by atoms with van der Waals surface area (Å²) in [6.45, 7) is 4.47. The van der Waals surface area contributed by atoms with E-state index in [0.29, 0.717) is 18.7 Å². The van der Waals surface area contributed by atoms with Gasteiger partial charge in [-0.05, 0) is 55.7 Å². The van der Waals surface area contributed by atoms with Gasteiger partial charge in [0.25, 0.3) is 5.91 Å². The lowest BCUT2D eigenvalue weighted by atomic mass is 10.1. The zero-order valence-electron chi connectivity index (χ0n) is 17.4. The molecule has 1 aliphatic heterocycles. The summed E-state index contributed by atoms with van der Waals surface area (Å²) in [5, 5.41) is 9.56. The zero-order chi connectivity index (χ0) is 20.3. The van der Waals surface area contributed by atoms with Gasteiger partial charge < -0.3 is 25.4 Å². The molecule has 1 saturated carbocycles. The number of hydrogen-bond donors (Lipinski definition) is 3. The smallest absolute Gasteiger partial charge is 0.251 e. The summed E-state index contributed by atoms with van der Waals surface area (Å²) < 4.78 is 11.2. The Morgan fingerprint density at radius 1 is 1.24 bits per heavy atom. The lowest BCUT2D eigenvalue weighted by Crippen LogP contribution is -2.37. The van der Waals surface area contributed by atoms with E-state index >= 15 is 0 Å². The van der Waals surface area contributed by atoms with Gasteiger partial charge in [0.2, 0.25) is 0 Å². The fourth-order valence-electron chi connectivity index (χ4n) is 3.26. The molecule has 1 amide bonds. The predicted octanol–water partition coefficient (Wildman–Crippen LogP) is 2.08. The Kier molecular flexibility index (Phi) is 8.77. The average Bonchev–Trinajstić information content (AvgIpc) is 3.43. The number of nitrogens with one attached hydrogen (secondary N) is 3. The summed E-state index contributed by atoms with van der Waals surface area (Å²) >= 11 is 0. The summed E-state index contributed by atoms with van der Waals surface area (Å²) in [4.78, 5) is 16.6. The maximum absolute atomic E-state index is 12.4. The number of hydrogen-bond acceptors (Lipinski definition) is 4. The molecule has 2 fully saturated rings. The minimum Gasteiger partial charge on any atom is -0.381 e. The van der Waals surface area contributed by atoms with Gasteiger partial charge in [0.15, 0.2) is 5.96 Å². The second-order valence-corrected chi connectivity index (χ2v) is 7.77. The molecule has 1 aromatic carbocycles. The van der Waals surface area contributed by atoms with Crippen LogP contribution in [0.5, 0.6) is 0 Å². The molecule has 3 N–H and O–H groups in total. The van der Waals surface area contributed by atoms with Gasteiger partial charge in [0.1, 0.15) is 0 Å². The van der Waals surface area contributed by atoms with Crippen LogP contribution in [0.25, 0.3) is 0 Å². The fourth-order valence-corrected chi connectivity index (χ4v) is 3.26. The molecule has 0 spiro atoms. The van der Waals surface area contributed by atoms with Gasteiger partial charge in [-0.15, -0.1) is 0 Å². The summed E-state index contributed by atoms with van der Waals surface area (Å²) in [5.41, 5.74) is 1.70. The molecular formula is C22H34N4O3. The van der Waals surface area contributed by atoms with Crippen molar-refractivity contribution in [1.82, 2.24) is 16.0 Å². The van der Waals surface area contributed by atoms with Gasteiger partial charge in [0.05, 0.1) is 6.10 Å². The van der Waals surface area contributed by atoms with E-state index in [4.69, 9.17) is 9.47 Å². The van der Waals surface area contributed by atoms with Crippen LogP contribution in [-0.2, 0) is 16.0 Å². The number of amides is 1. The lowest BCUT2D eigenvalue weighted by molar-refractivity contribution is 0.0857. The summed E-state index contributed by atoms with van der Waals surface area (Å²) in [7, 11) is 1.76. The predicted molar refractivity (Wildman–Crippen MR) is 114 cm³/mol. The van der Waals surface area contributed by atoms with Crippen molar-refractivity contribution in [2.75, 3.05) is 40.0 Å². The minimum absolute atomic E-state index is 0.0592. The number of guanidine groups is 1. The van der Waals surface area contributed by atoms with Gasteiger partial charge in [0, 0.05) is 52.1 Å². The molecule has 7 heteroatoms. The molecule has 0 radical (unpaired) electrons. The molecule has 7 nitrogen and oxygen atoms in total. The molecule has 29 heavy (non-hydrogen) atoms. The van der Waals surface area contributed by atoms with Crippen molar-refractivity contribution in [2.24, 2.45) is 10.9 Å². The maximum atomic E-state index is 12.4. The molecule has 1 heterocycles. The van der Waals surface area contributed by atoms with Crippen LogP contribution in [0.3, 0.4) is 0 Å². The van der Waals surface area contributed by atoms with Crippen LogP contribution in [0.4, 0.5) is 0 Å². The number of nitrogens with zero attached hydrogens (tertiary/aromatic N) is 1. The first-order chi connectivity index (χ1) is 14.2. The molecule has 1 unspecified atom stereocenters. The van der Waals surface area contributed by atoms with E-state index in [1.807, 2.05) is 24.3 Å². The molecule has 3 rings (SSSR count). The first-order valence-electron chi connectivity index (χ1n) is 10.8. The van der Waals surface area contributed by atoms with Gasteiger partial charge in [-0.2, -0.15) is 0 Å². The van der Waals surface area contributed by atoms with E-state index in [1.54, 1.807) is 7.05 Å². The van der Waals surface area contributed by atoms with Crippen molar-refractivity contribution in [2.45, 2.75) is 44.8 Å². The Morgan fingerprint density at radius 3 is 2.90 bits per heavy atom. The van der Waals surface area contributed by atoms with Gasteiger partial charge >= 0.3 is 0 Å². The normalized spacial score (nSPS) is 19.2. The second kappa shape index (κ2) is 11.8. The quantitative estimate of drug-likeness (QED) is 0.300. The Bertz CT molecular complexity index is 670. The van der Waals surface area contributed by atoms with E-state index in [1.165, 1.54) is 12.8 Å². The molecule has 1 atom stereocenters. The van der Waals surface area contributed by atoms with Crippen LogP contribution < -0.4 is 16.0 Å². The van der Waals surface area contributed by atoms with Crippen molar-refractivity contribution in [1.29, 1.82) is 0 Å². The van der Waals surface area contributed by atoms with Crippen LogP contribution >= 0.6 is 0 Å². The highest BCUT2D eigenvalue weighted by atomic mass is 16.5. The van der Waals surface area contributed by atoms with Crippen LogP contribution in [0.2, 0.25) is 0 Å². The number of benzene rings is 1. The molecule has 0 bridgehead atoms. The van der Waals surface area contributed by atoms with Crippen molar-refractivity contribution in [3.05, 3.63) is 35.4 Å². The number of ether oxygens (including phenoxy) is 2. The summed E-state index contributed by atoms with van der Waals surface area (Å²) in [6, 6.07) is 7.66. The first-order valence-corrected chi connectivity index (χ1v) is 10.8. The van der Waals surface area contributed by atoms with Crippen LogP contribution in [0.1, 0.15) is 48.0 Å². The molecule has 1 aromatic rings. The van der Waals surface area contributed by atoms with E-state index in [9.17, 15) is 4.79 Å². The SMILES string of the molecule is CN=C(NCCCOCC1CC1)NCc1cccc(C(=O)NCC2CCCO2)c1. The highest BCUT2D eigenvalue weighted by Crippen LogP contribution is 2.28. The van der Waals surface area contributed by atoms with E-state index in [2.05, 4.69) is 20.9 Å². The molecule has 1 aliphatic carbocycles. The van der Waals surface area contributed by atoms with E-state index < -0.39 is 0 Å². The van der Waals surface area contributed by atoms with Crippen molar-refractivity contribution >= 4 is 11.9 Å². The Hall–Kier alpha value is -2.12. The molecule has 160 valence electrons. The van der Waals surface area contributed by atoms with Crippen LogP contribution in [0, 0.1) is 5.92 Å². The third kappa shape index (κ3) is 8.03. The van der Waals surface area contributed by atoms with Crippen molar-refractivity contribution < 1.29 is 14.3 Å². The van der Waals surface area contributed by atoms with Crippen LogP contribution in [0.15, 0.2) is 29.3 Å². The fraction of sp³-hybridized carbons (Fsp3) is 0.636. The highest BCUT2D eigenvalue weighted by Gasteiger charge is 2.20. The largest absolute Gasteiger partial charge is 0.381 e. The van der Waals surface area contributed by atoms with Gasteiger partial charge in [-0.1, -0.05) is 12.1 Å². The maximum Gasteiger partial charge on any atom is 0.251 e. The highest BCUT2D eigenvalue weighted by molar-refractivity contribution is 5.94. The molecule has 1 saturated heterocycles. The Balaban J connectivity index is 1.34. The number of carbonyl (C=O) groups excluding carboxylic acids is 1. The molecule has 0 aromatic heterocycles. The zero-order valence-corrected chi connectivity index (χ0v) is 17.4. The minimum atomic E-state index is -0.0592. The number of carbonyl (C=O) groups is 1. The standard InChI is InChI=1S/C22H34N4O3/c1-23-22(24-10-4-11-28-16-17-8-9-17)26-14-18-5-2-6-19(13-18)21(27)25-15-20-7-3-12-29-20/h2,5-6,13,17,20H,3-4,7-12,14-16H2,1H3,(H,25,27)(H2,23,24,26). The van der Waals surface area contributed by atoms with E-state index in [-0.39, 0.29) is 12.0 Å². The molecule has 2 aliphatic rings. The third-order valence-corrected chi connectivity index (χ3v) is 5.20. The van der Waals surface area contributed by atoms with Gasteiger partial charge in [-0.3, -0.25) is 9.79 Å². The second-order valence-electron chi connectivity index (χ2n) is 7.77. The average molecular weight is 403 g/mol. The van der Waals surface area contributed by atoms with Crippen LogP contribution in [-0.4, -0.2) is 57.9 Å². The first kappa shape index (κ1) is 21.6. The number of aliphatic imine (C=N–C) groups is 1. The summed E-state index contributed by atoms with van der Waals surface area (Å²) in [6.07, 6.45) is 5.85. The Labute approximate surface area is 173 Å². The van der Waals surface area contributed by atoms with Crippen molar-refractivity contribution in [3.8, 4) is 0 Å². The van der Waals surface area contributed by atoms with Gasteiger partial charge in [-0.25, -0.2) is 0 Å². The monoisotopic (exact) mass is 402 g/mol. The number of rotatable bonds is 11. The van der Waals surface area contributed by atoms with Crippen molar-refractivity contribution in [3.63, 3.8) is 0 Å². The topological polar surface area (TPSA) is 84.0 Å². The third-order valence-electron chi connectivity index (χ3n) is 5.20. The Morgan fingerprint density at radius 2 is 2.14 bits per heavy atom.